The number of benzene rings is 1. The molecule has 126 valence electrons. The van der Waals surface area contributed by atoms with Gasteiger partial charge in [-0.2, -0.15) is 13.9 Å². The van der Waals surface area contributed by atoms with Crippen molar-refractivity contribution in [2.75, 3.05) is 4.72 Å². The lowest BCUT2D eigenvalue weighted by atomic mass is 10.2. The summed E-state index contributed by atoms with van der Waals surface area (Å²) in [6, 6.07) is 2.58. The molecule has 7 nitrogen and oxygen atoms in total. The van der Waals surface area contributed by atoms with Crippen molar-refractivity contribution in [3.63, 3.8) is 0 Å². The van der Waals surface area contributed by atoms with Gasteiger partial charge in [0.05, 0.1) is 17.3 Å². The molecular weight excluding hydrogens is 377 g/mol. The van der Waals surface area contributed by atoms with Crippen molar-refractivity contribution in [1.29, 1.82) is 0 Å². The smallest absolute Gasteiger partial charge is 0.284 e. The van der Waals surface area contributed by atoms with E-state index in [4.69, 9.17) is 23.2 Å². The summed E-state index contributed by atoms with van der Waals surface area (Å²) in [6.07, 6.45) is 0. The SMILES string of the molecule is Cc1nn(Cc2cc(N[SH](=O)=O)c(Cl)cc2Cl)c(=O)n1C(F)F. The van der Waals surface area contributed by atoms with Crippen LogP contribution in [0.5, 0.6) is 0 Å². The van der Waals surface area contributed by atoms with E-state index in [0.29, 0.717) is 0 Å². The Balaban J connectivity index is 2.45. The third-order valence-electron chi connectivity index (χ3n) is 2.90. The first-order chi connectivity index (χ1) is 10.7. The topological polar surface area (TPSA) is 86.0 Å². The highest BCUT2D eigenvalue weighted by atomic mass is 35.5. The van der Waals surface area contributed by atoms with Gasteiger partial charge < -0.3 is 0 Å². The summed E-state index contributed by atoms with van der Waals surface area (Å²) in [5.74, 6) is -0.156. The summed E-state index contributed by atoms with van der Waals surface area (Å²) in [4.78, 5) is 11.9. The van der Waals surface area contributed by atoms with Crippen molar-refractivity contribution >= 4 is 39.8 Å². The number of anilines is 1. The largest absolute Gasteiger partial charge is 0.350 e. The maximum absolute atomic E-state index is 12.8. The number of aromatic nitrogens is 3. The van der Waals surface area contributed by atoms with Gasteiger partial charge >= 0.3 is 12.2 Å². The molecule has 0 fully saturated rings. The molecule has 0 radical (unpaired) electrons. The van der Waals surface area contributed by atoms with Gasteiger partial charge in [0.1, 0.15) is 5.82 Å². The first kappa shape index (κ1) is 17.7. The van der Waals surface area contributed by atoms with E-state index in [2.05, 4.69) is 9.82 Å². The maximum Gasteiger partial charge on any atom is 0.350 e. The second-order valence-electron chi connectivity index (χ2n) is 4.43. The first-order valence-electron chi connectivity index (χ1n) is 6.03. The summed E-state index contributed by atoms with van der Waals surface area (Å²) in [5.41, 5.74) is -0.662. The summed E-state index contributed by atoms with van der Waals surface area (Å²) >= 11 is 11.8. The molecule has 0 unspecified atom stereocenters. The predicted octanol–water partition coefficient (Wildman–Crippen LogP) is 2.04. The molecule has 0 saturated heterocycles. The molecule has 0 aliphatic heterocycles. The molecule has 0 aliphatic rings. The minimum atomic E-state index is -3.02. The molecule has 1 N–H and O–H groups in total. The van der Waals surface area contributed by atoms with Gasteiger partial charge in [-0.1, -0.05) is 23.2 Å². The van der Waals surface area contributed by atoms with E-state index in [1.54, 1.807) is 0 Å². The number of thiol groups is 1. The Hall–Kier alpha value is -1.65. The van der Waals surface area contributed by atoms with Crippen LogP contribution in [0, 0.1) is 6.92 Å². The van der Waals surface area contributed by atoms with Gasteiger partial charge in [0, 0.05) is 5.02 Å². The van der Waals surface area contributed by atoms with Gasteiger partial charge in [0.15, 0.2) is 0 Å². The summed E-state index contributed by atoms with van der Waals surface area (Å²) in [5, 5.41) is 3.93. The number of aryl methyl sites for hydroxylation is 1. The van der Waals surface area contributed by atoms with Crippen LogP contribution in [-0.2, 0) is 17.4 Å². The average molecular weight is 387 g/mol. The Bertz CT molecular complexity index is 871. The summed E-state index contributed by atoms with van der Waals surface area (Å²) in [7, 11) is -2.96. The van der Waals surface area contributed by atoms with Gasteiger partial charge in [0.2, 0.25) is 10.9 Å². The second kappa shape index (κ2) is 6.85. The minimum absolute atomic E-state index is 0.0552. The molecular formula is C11H10Cl2F2N4O3S. The lowest BCUT2D eigenvalue weighted by Crippen LogP contribution is -2.26. The van der Waals surface area contributed by atoms with Gasteiger partial charge in [-0.3, -0.25) is 4.72 Å². The zero-order valence-electron chi connectivity index (χ0n) is 11.5. The monoisotopic (exact) mass is 386 g/mol. The molecule has 12 heteroatoms. The van der Waals surface area contributed by atoms with Crippen LogP contribution in [-0.4, -0.2) is 22.8 Å². The van der Waals surface area contributed by atoms with Crippen molar-refractivity contribution in [1.82, 2.24) is 14.3 Å². The Morgan fingerprint density at radius 2 is 1.96 bits per heavy atom. The fourth-order valence-corrected chi connectivity index (χ4v) is 2.85. The number of alkyl halides is 2. The molecule has 2 rings (SSSR count). The van der Waals surface area contributed by atoms with Crippen molar-refractivity contribution in [3.05, 3.63) is 44.1 Å². The third kappa shape index (κ3) is 3.82. The zero-order chi connectivity index (χ0) is 17.3. The maximum atomic E-state index is 12.8. The second-order valence-corrected chi connectivity index (χ2v) is 5.98. The molecule has 0 bridgehead atoms. The summed E-state index contributed by atoms with van der Waals surface area (Å²) < 4.78 is 50.1. The van der Waals surface area contributed by atoms with E-state index in [1.165, 1.54) is 19.1 Å². The van der Waals surface area contributed by atoms with Crippen LogP contribution in [0.3, 0.4) is 0 Å². The van der Waals surface area contributed by atoms with Gasteiger partial charge in [-0.15, -0.1) is 0 Å². The highest BCUT2D eigenvalue weighted by Crippen LogP contribution is 2.29. The van der Waals surface area contributed by atoms with Crippen LogP contribution < -0.4 is 10.4 Å². The van der Waals surface area contributed by atoms with Crippen LogP contribution in [0.4, 0.5) is 14.5 Å². The van der Waals surface area contributed by atoms with Crippen molar-refractivity contribution < 1.29 is 17.2 Å². The number of rotatable bonds is 5. The predicted molar refractivity (Wildman–Crippen MR) is 82.0 cm³/mol. The van der Waals surface area contributed by atoms with E-state index in [-0.39, 0.29) is 38.2 Å². The van der Waals surface area contributed by atoms with Crippen LogP contribution >= 0.6 is 23.2 Å². The molecule has 0 spiro atoms. The normalized spacial score (nSPS) is 11.4. The van der Waals surface area contributed by atoms with Crippen molar-refractivity contribution in [3.8, 4) is 0 Å². The number of hydrogen-bond acceptors (Lipinski definition) is 4. The van der Waals surface area contributed by atoms with Crippen LogP contribution in [0.15, 0.2) is 16.9 Å². The van der Waals surface area contributed by atoms with Crippen molar-refractivity contribution in [2.24, 2.45) is 0 Å². The zero-order valence-corrected chi connectivity index (χ0v) is 13.9. The van der Waals surface area contributed by atoms with Crippen LogP contribution in [0.25, 0.3) is 0 Å². The Kier molecular flexibility index (Phi) is 5.27. The van der Waals surface area contributed by atoms with E-state index in [1.807, 2.05) is 0 Å². The number of halogens is 4. The third-order valence-corrected chi connectivity index (χ3v) is 3.99. The average Bonchev–Trinajstić information content (AvgIpc) is 2.69. The van der Waals surface area contributed by atoms with E-state index in [9.17, 15) is 22.0 Å². The fourth-order valence-electron chi connectivity index (χ4n) is 1.92. The molecule has 2 aromatic rings. The van der Waals surface area contributed by atoms with Gasteiger partial charge in [-0.05, 0) is 24.6 Å². The quantitative estimate of drug-likeness (QED) is 0.769. The molecule has 1 aromatic heterocycles. The highest BCUT2D eigenvalue weighted by Gasteiger charge is 2.18. The number of nitrogens with one attached hydrogen (secondary N) is 1. The van der Waals surface area contributed by atoms with E-state index in [0.717, 1.165) is 4.68 Å². The molecule has 23 heavy (non-hydrogen) atoms. The summed E-state index contributed by atoms with van der Waals surface area (Å²) in [6.45, 7) is -1.97. The molecule has 1 heterocycles. The molecule has 0 saturated carbocycles. The minimum Gasteiger partial charge on any atom is -0.284 e. The lowest BCUT2D eigenvalue weighted by Gasteiger charge is -2.09. The number of nitrogens with zero attached hydrogens (tertiary/aromatic N) is 3. The molecule has 0 atom stereocenters. The standard InChI is InChI=1S/C11H10Cl2F2N4O3S/c1-5-16-18(11(20)19(5)10(14)15)4-6-2-9(17-23(21)22)8(13)3-7(6)12/h2-3,10,23H,4H2,1H3,(H,17,21,22). The Morgan fingerprint density at radius 1 is 1.30 bits per heavy atom. The first-order valence-corrected chi connectivity index (χ1v) is 7.97. The van der Waals surface area contributed by atoms with E-state index < -0.39 is 23.1 Å². The van der Waals surface area contributed by atoms with Crippen LogP contribution in [0.2, 0.25) is 10.0 Å². The van der Waals surface area contributed by atoms with Gasteiger partial charge in [-0.25, -0.2) is 22.5 Å². The fraction of sp³-hybridized carbons (Fsp3) is 0.273. The van der Waals surface area contributed by atoms with Crippen molar-refractivity contribution in [2.45, 2.75) is 20.0 Å². The van der Waals surface area contributed by atoms with E-state index >= 15 is 0 Å². The van der Waals surface area contributed by atoms with Crippen LogP contribution in [0.1, 0.15) is 17.9 Å². The number of hydrogen-bond donors (Lipinski definition) is 2. The van der Waals surface area contributed by atoms with Gasteiger partial charge in [0.25, 0.3) is 0 Å². The molecule has 0 amide bonds. The highest BCUT2D eigenvalue weighted by molar-refractivity contribution is 7.73. The molecule has 1 aromatic carbocycles. The Labute approximate surface area is 140 Å². The lowest BCUT2D eigenvalue weighted by molar-refractivity contribution is 0.0637. The molecule has 0 aliphatic carbocycles. The Morgan fingerprint density at radius 3 is 2.48 bits per heavy atom.